The van der Waals surface area contributed by atoms with Gasteiger partial charge in [0.05, 0.1) is 6.20 Å². The fourth-order valence-corrected chi connectivity index (χ4v) is 6.69. The van der Waals surface area contributed by atoms with Crippen LogP contribution in [0.4, 0.5) is 0 Å². The predicted molar refractivity (Wildman–Crippen MR) is 102 cm³/mol. The molecule has 0 aromatic carbocycles. The third-order valence-electron chi connectivity index (χ3n) is 5.48. The molecule has 1 unspecified atom stereocenters. The van der Waals surface area contributed by atoms with Gasteiger partial charge in [-0.2, -0.15) is 4.31 Å². The zero-order valence-corrected chi connectivity index (χ0v) is 16.8. The van der Waals surface area contributed by atoms with Crippen molar-refractivity contribution in [3.05, 3.63) is 23.7 Å². The summed E-state index contributed by atoms with van der Waals surface area (Å²) in [6.45, 7) is 1.02. The Morgan fingerprint density at radius 1 is 1.37 bits per heavy atom. The Hall–Kier alpha value is -1.71. The van der Waals surface area contributed by atoms with Crippen LogP contribution in [-0.2, 0) is 14.8 Å². The Bertz CT molecular complexity index is 901. The van der Waals surface area contributed by atoms with Gasteiger partial charge in [0, 0.05) is 49.6 Å². The van der Waals surface area contributed by atoms with Crippen molar-refractivity contribution < 1.29 is 17.7 Å². The second-order valence-electron chi connectivity index (χ2n) is 7.37. The number of hydrogen-bond acceptors (Lipinski definition) is 6. The Balaban J connectivity index is 1.43. The molecule has 1 amide bonds. The van der Waals surface area contributed by atoms with Gasteiger partial charge in [-0.3, -0.25) is 4.79 Å². The highest BCUT2D eigenvalue weighted by Gasteiger charge is 2.37. The lowest BCUT2D eigenvalue weighted by Gasteiger charge is -2.25. The molecule has 2 aromatic rings. The van der Waals surface area contributed by atoms with E-state index < -0.39 is 10.0 Å². The first kappa shape index (κ1) is 18.6. The van der Waals surface area contributed by atoms with E-state index in [9.17, 15) is 13.2 Å². The molecule has 0 spiro atoms. The van der Waals surface area contributed by atoms with Gasteiger partial charge < -0.3 is 9.42 Å². The van der Waals surface area contributed by atoms with E-state index in [-0.39, 0.29) is 16.0 Å². The van der Waals surface area contributed by atoms with E-state index in [1.54, 1.807) is 24.6 Å². The minimum Gasteiger partial charge on any atom is -0.356 e. The molecule has 27 heavy (non-hydrogen) atoms. The summed E-state index contributed by atoms with van der Waals surface area (Å²) in [4.78, 5) is 14.3. The van der Waals surface area contributed by atoms with Gasteiger partial charge in [0.25, 0.3) is 10.0 Å². The molecular formula is C18H23N3O4S2. The summed E-state index contributed by atoms with van der Waals surface area (Å²) in [5.41, 5.74) is 0.702. The number of hydrogen-bond donors (Lipinski definition) is 0. The maximum absolute atomic E-state index is 12.9. The Labute approximate surface area is 163 Å². The van der Waals surface area contributed by atoms with Crippen molar-refractivity contribution in [2.24, 2.45) is 5.92 Å². The van der Waals surface area contributed by atoms with Gasteiger partial charge in [-0.05, 0) is 24.8 Å². The van der Waals surface area contributed by atoms with E-state index in [1.165, 1.54) is 34.7 Å². The Morgan fingerprint density at radius 2 is 2.15 bits per heavy atom. The van der Waals surface area contributed by atoms with Crippen LogP contribution in [0.5, 0.6) is 0 Å². The number of sulfonamides is 1. The van der Waals surface area contributed by atoms with E-state index in [1.807, 2.05) is 4.90 Å². The van der Waals surface area contributed by atoms with Crippen molar-refractivity contribution in [1.82, 2.24) is 14.4 Å². The number of carbonyl (C=O) groups excluding carboxylic acids is 1. The van der Waals surface area contributed by atoms with Crippen LogP contribution in [0.3, 0.4) is 0 Å². The average molecular weight is 410 g/mol. The molecule has 0 bridgehead atoms. The lowest BCUT2D eigenvalue weighted by atomic mass is 10.1. The molecule has 0 radical (unpaired) electrons. The van der Waals surface area contributed by atoms with Gasteiger partial charge in [-0.1, -0.05) is 18.0 Å². The number of nitrogens with zero attached hydrogens (tertiary/aromatic N) is 3. The van der Waals surface area contributed by atoms with Crippen LogP contribution in [0.15, 0.2) is 32.4 Å². The molecule has 3 heterocycles. The monoisotopic (exact) mass is 409 g/mol. The van der Waals surface area contributed by atoms with Crippen molar-refractivity contribution in [2.75, 3.05) is 20.1 Å². The molecule has 1 saturated carbocycles. The number of rotatable bonds is 6. The number of amides is 1. The largest absolute Gasteiger partial charge is 0.356 e. The van der Waals surface area contributed by atoms with Crippen molar-refractivity contribution in [3.8, 4) is 11.3 Å². The first-order valence-corrected chi connectivity index (χ1v) is 11.5. The van der Waals surface area contributed by atoms with E-state index in [2.05, 4.69) is 5.16 Å². The van der Waals surface area contributed by atoms with Crippen LogP contribution < -0.4 is 0 Å². The molecule has 9 heteroatoms. The smallest absolute Gasteiger partial charge is 0.252 e. The van der Waals surface area contributed by atoms with Crippen LogP contribution in [0.2, 0.25) is 0 Å². The third-order valence-corrected chi connectivity index (χ3v) is 8.72. The summed E-state index contributed by atoms with van der Waals surface area (Å²) >= 11 is 1.17. The lowest BCUT2D eigenvalue weighted by Crippen LogP contribution is -2.36. The Kier molecular flexibility index (Phi) is 5.09. The number of thiophene rings is 1. The first-order chi connectivity index (χ1) is 12.9. The fraction of sp³-hybridized carbons (Fsp3) is 0.556. The summed E-state index contributed by atoms with van der Waals surface area (Å²) in [6.07, 6.45) is 6.47. The highest BCUT2D eigenvalue weighted by Crippen LogP contribution is 2.32. The lowest BCUT2D eigenvalue weighted by molar-refractivity contribution is -0.129. The van der Waals surface area contributed by atoms with Gasteiger partial charge in [-0.15, -0.1) is 11.3 Å². The summed E-state index contributed by atoms with van der Waals surface area (Å²) in [5, 5.41) is 5.41. The van der Waals surface area contributed by atoms with Gasteiger partial charge >= 0.3 is 0 Å². The van der Waals surface area contributed by atoms with Crippen LogP contribution in [-0.4, -0.2) is 54.9 Å². The standard InChI is InChI=1S/C18H23N3O4S2/c1-20(10-13-8-17(22)21(11-13)15-4-2-3-5-15)27(23,24)18-9-14(12-26-18)16-6-7-19-25-16/h6-7,9,12-13,15H,2-5,8,10-11H2,1H3. The van der Waals surface area contributed by atoms with Crippen molar-refractivity contribution in [3.63, 3.8) is 0 Å². The molecule has 1 aliphatic heterocycles. The van der Waals surface area contributed by atoms with Gasteiger partial charge in [0.15, 0.2) is 5.76 Å². The summed E-state index contributed by atoms with van der Waals surface area (Å²) in [6, 6.07) is 3.66. The van der Waals surface area contributed by atoms with E-state index in [0.717, 1.165) is 12.8 Å². The van der Waals surface area contributed by atoms with Gasteiger partial charge in [-0.25, -0.2) is 8.42 Å². The molecule has 1 saturated heterocycles. The third kappa shape index (κ3) is 3.68. The number of aromatic nitrogens is 1. The molecule has 146 valence electrons. The summed E-state index contributed by atoms with van der Waals surface area (Å²) in [5.74, 6) is 0.761. The SMILES string of the molecule is CN(CC1CC(=O)N(C2CCCC2)C1)S(=O)(=O)c1cc(-c2ccno2)cs1. The van der Waals surface area contributed by atoms with E-state index in [4.69, 9.17) is 4.52 Å². The van der Waals surface area contributed by atoms with Crippen LogP contribution in [0.1, 0.15) is 32.1 Å². The number of likely N-dealkylation sites (tertiary alicyclic amines) is 1. The first-order valence-electron chi connectivity index (χ1n) is 9.20. The molecule has 0 N–H and O–H groups in total. The summed E-state index contributed by atoms with van der Waals surface area (Å²) < 4.78 is 32.6. The zero-order chi connectivity index (χ0) is 19.0. The van der Waals surface area contributed by atoms with E-state index >= 15 is 0 Å². The molecule has 2 aromatic heterocycles. The van der Waals surface area contributed by atoms with Crippen molar-refractivity contribution in [1.29, 1.82) is 0 Å². The second kappa shape index (κ2) is 7.37. The normalized spacial score (nSPS) is 21.6. The fourth-order valence-electron chi connectivity index (χ4n) is 4.06. The predicted octanol–water partition coefficient (Wildman–Crippen LogP) is 2.81. The van der Waals surface area contributed by atoms with Gasteiger partial charge in [0.1, 0.15) is 4.21 Å². The highest BCUT2D eigenvalue weighted by molar-refractivity contribution is 7.91. The molecular weight excluding hydrogens is 386 g/mol. The highest BCUT2D eigenvalue weighted by atomic mass is 32.2. The van der Waals surface area contributed by atoms with Crippen molar-refractivity contribution in [2.45, 2.75) is 42.4 Å². The molecule has 1 aliphatic carbocycles. The van der Waals surface area contributed by atoms with E-state index in [0.29, 0.717) is 36.9 Å². The van der Waals surface area contributed by atoms with Crippen LogP contribution >= 0.6 is 11.3 Å². The maximum atomic E-state index is 12.9. The van der Waals surface area contributed by atoms with Crippen LogP contribution in [0.25, 0.3) is 11.3 Å². The van der Waals surface area contributed by atoms with Gasteiger partial charge in [0.2, 0.25) is 5.91 Å². The molecule has 1 atom stereocenters. The second-order valence-corrected chi connectivity index (χ2v) is 10.6. The zero-order valence-electron chi connectivity index (χ0n) is 15.2. The van der Waals surface area contributed by atoms with Crippen molar-refractivity contribution >= 4 is 27.3 Å². The average Bonchev–Trinajstić information content (AvgIpc) is 3.41. The molecule has 2 fully saturated rings. The quantitative estimate of drug-likeness (QED) is 0.733. The Morgan fingerprint density at radius 3 is 2.85 bits per heavy atom. The maximum Gasteiger partial charge on any atom is 0.252 e. The topological polar surface area (TPSA) is 83.7 Å². The molecule has 2 aliphatic rings. The van der Waals surface area contributed by atoms with Crippen LogP contribution in [0, 0.1) is 5.92 Å². The molecule has 7 nitrogen and oxygen atoms in total. The minimum absolute atomic E-state index is 0.0478. The summed E-state index contributed by atoms with van der Waals surface area (Å²) in [7, 11) is -2.00. The molecule has 4 rings (SSSR count). The number of carbonyl (C=O) groups is 1. The minimum atomic E-state index is -3.59.